The fourth-order valence-corrected chi connectivity index (χ4v) is 4.71. The Morgan fingerprint density at radius 2 is 1.72 bits per heavy atom. The van der Waals surface area contributed by atoms with Gasteiger partial charge in [-0.1, -0.05) is 54.1 Å². The minimum absolute atomic E-state index is 0.00444. The first-order valence-electron chi connectivity index (χ1n) is 9.48. The Bertz CT molecular complexity index is 1030. The summed E-state index contributed by atoms with van der Waals surface area (Å²) in [5.74, 6) is -0.179. The number of sulfone groups is 1. The number of carbonyl (C=O) groups excluding carboxylic acids is 1. The van der Waals surface area contributed by atoms with Crippen molar-refractivity contribution >= 4 is 15.7 Å². The Morgan fingerprint density at radius 1 is 1.00 bits per heavy atom. The lowest BCUT2D eigenvalue weighted by Crippen LogP contribution is -2.32. The van der Waals surface area contributed by atoms with Gasteiger partial charge < -0.3 is 5.32 Å². The van der Waals surface area contributed by atoms with E-state index in [4.69, 9.17) is 0 Å². The molecule has 1 unspecified atom stereocenters. The molecule has 2 aromatic carbocycles. The molecule has 0 fully saturated rings. The van der Waals surface area contributed by atoms with E-state index in [2.05, 4.69) is 10.3 Å². The second-order valence-corrected chi connectivity index (χ2v) is 9.05. The lowest BCUT2D eigenvalue weighted by molar-refractivity contribution is -0.121. The van der Waals surface area contributed by atoms with E-state index in [0.717, 1.165) is 11.1 Å². The smallest absolute Gasteiger partial charge is 0.220 e. The number of hydrogen-bond donors (Lipinski definition) is 1. The number of amides is 1. The van der Waals surface area contributed by atoms with Crippen molar-refractivity contribution in [1.29, 1.82) is 0 Å². The van der Waals surface area contributed by atoms with Gasteiger partial charge in [-0.05, 0) is 42.7 Å². The van der Waals surface area contributed by atoms with Crippen LogP contribution in [0.2, 0.25) is 0 Å². The number of aromatic nitrogens is 1. The van der Waals surface area contributed by atoms with Crippen LogP contribution in [0.3, 0.4) is 0 Å². The summed E-state index contributed by atoms with van der Waals surface area (Å²) in [6, 6.07) is 19.9. The Hall–Kier alpha value is -2.99. The van der Waals surface area contributed by atoms with Crippen molar-refractivity contribution in [2.75, 3.05) is 6.54 Å². The summed E-state index contributed by atoms with van der Waals surface area (Å²) in [5, 5.41) is 1.89. The molecule has 1 N–H and O–H groups in total. The van der Waals surface area contributed by atoms with E-state index in [9.17, 15) is 13.2 Å². The van der Waals surface area contributed by atoms with E-state index in [1.54, 1.807) is 42.6 Å². The summed E-state index contributed by atoms with van der Waals surface area (Å²) in [4.78, 5) is 16.6. The Balaban J connectivity index is 1.74. The molecule has 0 aliphatic heterocycles. The van der Waals surface area contributed by atoms with Crippen molar-refractivity contribution in [3.05, 3.63) is 95.8 Å². The Kier molecular flexibility index (Phi) is 6.77. The predicted octanol–water partition coefficient (Wildman–Crippen LogP) is 3.65. The molecule has 1 amide bonds. The maximum atomic E-state index is 13.3. The van der Waals surface area contributed by atoms with Crippen LogP contribution in [0, 0.1) is 6.92 Å². The summed E-state index contributed by atoms with van der Waals surface area (Å²) in [6.07, 6.45) is 4.04. The third kappa shape index (κ3) is 5.51. The molecule has 1 heterocycles. The van der Waals surface area contributed by atoms with Crippen molar-refractivity contribution in [2.24, 2.45) is 0 Å². The lowest BCUT2D eigenvalue weighted by atomic mass is 10.1. The van der Waals surface area contributed by atoms with Gasteiger partial charge in [0.2, 0.25) is 5.91 Å². The lowest BCUT2D eigenvalue weighted by Gasteiger charge is -2.19. The van der Waals surface area contributed by atoms with Crippen LogP contribution in [0.5, 0.6) is 0 Å². The van der Waals surface area contributed by atoms with E-state index in [-0.39, 0.29) is 17.3 Å². The second-order valence-electron chi connectivity index (χ2n) is 6.92. The maximum absolute atomic E-state index is 13.3. The van der Waals surface area contributed by atoms with Crippen molar-refractivity contribution in [2.45, 2.75) is 29.9 Å². The van der Waals surface area contributed by atoms with E-state index < -0.39 is 15.1 Å². The molecular formula is C23H24N2O3S. The fraction of sp³-hybridized carbons (Fsp3) is 0.217. The van der Waals surface area contributed by atoms with Crippen LogP contribution in [-0.2, 0) is 21.1 Å². The maximum Gasteiger partial charge on any atom is 0.220 e. The number of nitrogens with one attached hydrogen (secondary N) is 1. The molecule has 0 saturated carbocycles. The van der Waals surface area contributed by atoms with Crippen LogP contribution >= 0.6 is 0 Å². The molecule has 0 bridgehead atoms. The molecule has 1 aromatic heterocycles. The van der Waals surface area contributed by atoms with Gasteiger partial charge in [-0.25, -0.2) is 8.42 Å². The third-order valence-corrected chi connectivity index (χ3v) is 6.87. The van der Waals surface area contributed by atoms with Crippen molar-refractivity contribution < 1.29 is 13.2 Å². The van der Waals surface area contributed by atoms with E-state index >= 15 is 0 Å². The summed E-state index contributed by atoms with van der Waals surface area (Å²) in [5.41, 5.74) is 2.60. The van der Waals surface area contributed by atoms with Crippen LogP contribution < -0.4 is 5.32 Å². The van der Waals surface area contributed by atoms with Crippen LogP contribution in [0.25, 0.3) is 0 Å². The van der Waals surface area contributed by atoms with Crippen LogP contribution in [0.4, 0.5) is 0 Å². The highest BCUT2D eigenvalue weighted by atomic mass is 32.2. The zero-order valence-electron chi connectivity index (χ0n) is 16.3. The van der Waals surface area contributed by atoms with Crippen molar-refractivity contribution in [3.63, 3.8) is 0 Å². The average molecular weight is 409 g/mol. The first kappa shape index (κ1) is 20.7. The molecule has 0 spiro atoms. The summed E-state index contributed by atoms with van der Waals surface area (Å²) >= 11 is 0. The molecule has 3 aromatic rings. The Morgan fingerprint density at radius 3 is 2.38 bits per heavy atom. The number of carbonyl (C=O) groups is 1. The van der Waals surface area contributed by atoms with Gasteiger partial charge in [-0.3, -0.25) is 9.78 Å². The predicted molar refractivity (Wildman–Crippen MR) is 113 cm³/mol. The Labute approximate surface area is 171 Å². The molecule has 0 saturated heterocycles. The van der Waals surface area contributed by atoms with Gasteiger partial charge in [-0.15, -0.1) is 0 Å². The van der Waals surface area contributed by atoms with Gasteiger partial charge in [0.1, 0.15) is 5.25 Å². The second kappa shape index (κ2) is 9.47. The zero-order valence-corrected chi connectivity index (χ0v) is 17.1. The van der Waals surface area contributed by atoms with E-state index in [0.29, 0.717) is 18.4 Å². The molecule has 29 heavy (non-hydrogen) atoms. The monoisotopic (exact) mass is 408 g/mol. The molecule has 0 radical (unpaired) electrons. The highest BCUT2D eigenvalue weighted by Gasteiger charge is 2.29. The highest BCUT2D eigenvalue weighted by molar-refractivity contribution is 7.91. The fourth-order valence-electron chi connectivity index (χ4n) is 3.06. The molecule has 6 heteroatoms. The standard InChI is InChI=1S/C23H24N2O3S/c1-18-9-12-21(13-10-18)29(27,28)22(20-8-5-15-24-16-20)17-25-23(26)14-11-19-6-3-2-4-7-19/h2-10,12-13,15-16,22H,11,14,17H2,1H3,(H,25,26). The van der Waals surface area contributed by atoms with Crippen LogP contribution in [0.1, 0.15) is 28.4 Å². The number of pyridine rings is 1. The van der Waals surface area contributed by atoms with Gasteiger partial charge in [-0.2, -0.15) is 0 Å². The SMILES string of the molecule is Cc1ccc(S(=O)(=O)C(CNC(=O)CCc2ccccc2)c2cccnc2)cc1. The van der Waals surface area contributed by atoms with E-state index in [1.165, 1.54) is 6.20 Å². The topological polar surface area (TPSA) is 76.1 Å². The van der Waals surface area contributed by atoms with Gasteiger partial charge in [0.15, 0.2) is 9.84 Å². The van der Waals surface area contributed by atoms with Crippen LogP contribution in [0.15, 0.2) is 84.0 Å². The molecule has 1 atom stereocenters. The van der Waals surface area contributed by atoms with Gasteiger partial charge >= 0.3 is 0 Å². The first-order valence-corrected chi connectivity index (χ1v) is 11.0. The van der Waals surface area contributed by atoms with Crippen LogP contribution in [-0.4, -0.2) is 25.9 Å². The third-order valence-electron chi connectivity index (χ3n) is 4.75. The number of hydrogen-bond acceptors (Lipinski definition) is 4. The summed E-state index contributed by atoms with van der Waals surface area (Å²) < 4.78 is 26.5. The van der Waals surface area contributed by atoms with E-state index in [1.807, 2.05) is 37.3 Å². The highest BCUT2D eigenvalue weighted by Crippen LogP contribution is 2.28. The molecular weight excluding hydrogens is 384 g/mol. The average Bonchev–Trinajstić information content (AvgIpc) is 2.74. The molecule has 0 aliphatic carbocycles. The first-order chi connectivity index (χ1) is 14.0. The number of rotatable bonds is 8. The zero-order chi connectivity index (χ0) is 20.7. The summed E-state index contributed by atoms with van der Waals surface area (Å²) in [6.45, 7) is 1.90. The molecule has 3 rings (SSSR count). The van der Waals surface area contributed by atoms with Gasteiger partial charge in [0.25, 0.3) is 0 Å². The van der Waals surface area contributed by atoms with Crippen molar-refractivity contribution in [3.8, 4) is 0 Å². The van der Waals surface area contributed by atoms with Gasteiger partial charge in [0, 0.05) is 25.4 Å². The van der Waals surface area contributed by atoms with Crippen molar-refractivity contribution in [1.82, 2.24) is 10.3 Å². The largest absolute Gasteiger partial charge is 0.354 e. The number of aryl methyl sites for hydroxylation is 2. The molecule has 0 aliphatic rings. The molecule has 5 nitrogen and oxygen atoms in total. The minimum atomic E-state index is -3.69. The summed E-state index contributed by atoms with van der Waals surface area (Å²) in [7, 11) is -3.69. The minimum Gasteiger partial charge on any atom is -0.354 e. The number of nitrogens with zero attached hydrogens (tertiary/aromatic N) is 1. The van der Waals surface area contributed by atoms with Gasteiger partial charge in [0.05, 0.1) is 4.90 Å². The molecule has 150 valence electrons. The number of benzene rings is 2. The quantitative estimate of drug-likeness (QED) is 0.617. The normalized spacial score (nSPS) is 12.3.